The van der Waals surface area contributed by atoms with Gasteiger partial charge in [0.25, 0.3) is 0 Å². The molecule has 3 aromatic heterocycles. The van der Waals surface area contributed by atoms with Crippen molar-refractivity contribution in [2.24, 2.45) is 0 Å². The molecule has 0 aromatic carbocycles. The second kappa shape index (κ2) is 6.96. The Morgan fingerprint density at radius 2 is 2.21 bits per heavy atom. The Hall–Kier alpha value is -2.48. The first-order chi connectivity index (χ1) is 11.5. The number of H-pyrrole nitrogens is 1. The lowest BCUT2D eigenvalue weighted by atomic mass is 10.2. The van der Waals surface area contributed by atoms with Crippen molar-refractivity contribution in [3.63, 3.8) is 0 Å². The molecule has 0 fully saturated rings. The number of thiophene rings is 1. The summed E-state index contributed by atoms with van der Waals surface area (Å²) in [7, 11) is 1.83. The number of rotatable bonds is 6. The number of aromatic amines is 1. The Kier molecular flexibility index (Phi) is 4.75. The molecule has 0 saturated heterocycles. The molecule has 0 aliphatic rings. The van der Waals surface area contributed by atoms with Crippen LogP contribution in [0.15, 0.2) is 24.8 Å². The van der Waals surface area contributed by atoms with Crippen molar-refractivity contribution in [1.82, 2.24) is 25.3 Å². The van der Waals surface area contributed by atoms with E-state index in [-0.39, 0.29) is 18.5 Å². The maximum Gasteiger partial charge on any atom is 0.239 e. The van der Waals surface area contributed by atoms with Crippen molar-refractivity contribution >= 4 is 34.2 Å². The predicted molar refractivity (Wildman–Crippen MR) is 95.3 cm³/mol. The number of aryl methyl sites for hydroxylation is 1. The lowest BCUT2D eigenvalue weighted by Gasteiger charge is -2.20. The van der Waals surface area contributed by atoms with Crippen LogP contribution in [0.5, 0.6) is 0 Å². The van der Waals surface area contributed by atoms with E-state index in [4.69, 9.17) is 0 Å². The molecule has 0 spiro atoms. The van der Waals surface area contributed by atoms with E-state index >= 15 is 0 Å². The first kappa shape index (κ1) is 16.4. The summed E-state index contributed by atoms with van der Waals surface area (Å²) in [5, 5.41) is 3.04. The van der Waals surface area contributed by atoms with Gasteiger partial charge in [0.05, 0.1) is 12.9 Å². The van der Waals surface area contributed by atoms with Gasteiger partial charge in [-0.1, -0.05) is 0 Å². The highest BCUT2D eigenvalue weighted by molar-refractivity contribution is 7.11. The second-order valence-corrected chi connectivity index (χ2v) is 7.21. The van der Waals surface area contributed by atoms with Crippen LogP contribution in [0, 0.1) is 6.92 Å². The number of nitrogens with zero attached hydrogens (tertiary/aromatic N) is 4. The number of carbonyl (C=O) groups excluding carboxylic acids is 1. The van der Waals surface area contributed by atoms with Crippen LogP contribution in [0.4, 0.5) is 5.82 Å². The molecule has 0 unspecified atom stereocenters. The molecule has 2 N–H and O–H groups in total. The SMILES string of the molecule is Cc1ccc(C[C@H](C)NC(=O)CN(C)c2ncnc3nc[nH]c23)s1. The summed E-state index contributed by atoms with van der Waals surface area (Å²) in [4.78, 5) is 32.1. The van der Waals surface area contributed by atoms with Crippen LogP contribution in [0.1, 0.15) is 16.7 Å². The fraction of sp³-hybridized carbons (Fsp3) is 0.375. The number of carbonyl (C=O) groups is 1. The minimum atomic E-state index is -0.0374. The molecule has 3 aromatic rings. The van der Waals surface area contributed by atoms with Gasteiger partial charge in [-0.2, -0.15) is 0 Å². The normalized spacial score (nSPS) is 12.3. The second-order valence-electron chi connectivity index (χ2n) is 5.84. The van der Waals surface area contributed by atoms with Crippen LogP contribution in [0.3, 0.4) is 0 Å². The number of fused-ring (bicyclic) bond motifs is 1. The Bertz CT molecular complexity index is 842. The summed E-state index contributed by atoms with van der Waals surface area (Å²) >= 11 is 1.77. The average Bonchev–Trinajstić information content (AvgIpc) is 3.15. The molecule has 3 rings (SSSR count). The van der Waals surface area contributed by atoms with Crippen LogP contribution in [-0.4, -0.2) is 45.5 Å². The van der Waals surface area contributed by atoms with E-state index in [1.807, 2.05) is 14.0 Å². The molecular weight excluding hydrogens is 324 g/mol. The summed E-state index contributed by atoms with van der Waals surface area (Å²) in [5.41, 5.74) is 1.32. The third-order valence-corrected chi connectivity index (χ3v) is 4.68. The Labute approximate surface area is 144 Å². The number of aromatic nitrogens is 4. The molecule has 1 atom stereocenters. The maximum absolute atomic E-state index is 12.3. The van der Waals surface area contributed by atoms with E-state index in [9.17, 15) is 4.79 Å². The maximum atomic E-state index is 12.3. The van der Waals surface area contributed by atoms with Crippen LogP contribution < -0.4 is 10.2 Å². The minimum Gasteiger partial charge on any atom is -0.352 e. The van der Waals surface area contributed by atoms with Crippen molar-refractivity contribution in [2.45, 2.75) is 26.3 Å². The molecule has 0 aliphatic heterocycles. The van der Waals surface area contributed by atoms with Gasteiger partial charge in [-0.05, 0) is 26.0 Å². The molecule has 0 bridgehead atoms. The van der Waals surface area contributed by atoms with Crippen LogP contribution >= 0.6 is 11.3 Å². The Balaban J connectivity index is 1.59. The van der Waals surface area contributed by atoms with Crippen molar-refractivity contribution in [3.8, 4) is 0 Å². The number of hydrogen-bond donors (Lipinski definition) is 2. The van der Waals surface area contributed by atoms with E-state index in [1.165, 1.54) is 16.1 Å². The van der Waals surface area contributed by atoms with E-state index in [2.05, 4.69) is 44.3 Å². The summed E-state index contributed by atoms with van der Waals surface area (Å²) in [6.45, 7) is 4.33. The smallest absolute Gasteiger partial charge is 0.239 e. The van der Waals surface area contributed by atoms with Gasteiger partial charge < -0.3 is 15.2 Å². The highest BCUT2D eigenvalue weighted by atomic mass is 32.1. The molecule has 0 aliphatic carbocycles. The van der Waals surface area contributed by atoms with Gasteiger partial charge >= 0.3 is 0 Å². The number of hydrogen-bond acceptors (Lipinski definition) is 6. The Morgan fingerprint density at radius 1 is 1.38 bits per heavy atom. The van der Waals surface area contributed by atoms with Gasteiger partial charge in [-0.3, -0.25) is 4.79 Å². The van der Waals surface area contributed by atoms with E-state index in [0.29, 0.717) is 11.5 Å². The summed E-state index contributed by atoms with van der Waals surface area (Å²) in [6.07, 6.45) is 3.86. The fourth-order valence-corrected chi connectivity index (χ4v) is 3.62. The third-order valence-electron chi connectivity index (χ3n) is 3.66. The highest BCUT2D eigenvalue weighted by Gasteiger charge is 2.15. The van der Waals surface area contributed by atoms with Crippen molar-refractivity contribution in [3.05, 3.63) is 34.5 Å². The number of imidazole rings is 1. The molecule has 8 heteroatoms. The first-order valence-corrected chi connectivity index (χ1v) is 8.54. The van der Waals surface area contributed by atoms with Crippen LogP contribution in [-0.2, 0) is 11.2 Å². The van der Waals surface area contributed by atoms with Gasteiger partial charge in [-0.25, -0.2) is 15.0 Å². The number of amides is 1. The molecule has 1 amide bonds. The van der Waals surface area contributed by atoms with Gasteiger partial charge in [0.2, 0.25) is 5.91 Å². The minimum absolute atomic E-state index is 0.0374. The molecule has 0 radical (unpaired) electrons. The standard InChI is InChI=1S/C16H20N6OS/c1-10(6-12-5-4-11(2)24-12)21-13(23)7-22(3)16-14-15(18-8-17-14)19-9-20-16/h4-5,8-10H,6-7H2,1-3H3,(H,21,23)(H,17,18,19,20)/t10-/m0/s1. The average molecular weight is 344 g/mol. The quantitative estimate of drug-likeness (QED) is 0.713. The largest absolute Gasteiger partial charge is 0.352 e. The third kappa shape index (κ3) is 3.70. The van der Waals surface area contributed by atoms with Gasteiger partial charge in [0, 0.05) is 29.3 Å². The number of likely N-dealkylation sites (N-methyl/N-ethyl adjacent to an activating group) is 1. The molecule has 7 nitrogen and oxygen atoms in total. The van der Waals surface area contributed by atoms with Crippen LogP contribution in [0.2, 0.25) is 0 Å². The van der Waals surface area contributed by atoms with Crippen LogP contribution in [0.25, 0.3) is 11.2 Å². The predicted octanol–water partition coefficient (Wildman–Crippen LogP) is 1.91. The lowest BCUT2D eigenvalue weighted by Crippen LogP contribution is -2.40. The molecule has 126 valence electrons. The summed E-state index contributed by atoms with van der Waals surface area (Å²) in [6, 6.07) is 4.30. The zero-order valence-corrected chi connectivity index (χ0v) is 14.7. The number of anilines is 1. The molecule has 24 heavy (non-hydrogen) atoms. The molecular formula is C16H20N6OS. The van der Waals surface area contributed by atoms with E-state index in [0.717, 1.165) is 11.9 Å². The fourth-order valence-electron chi connectivity index (χ4n) is 2.60. The zero-order chi connectivity index (χ0) is 17.1. The van der Waals surface area contributed by atoms with Crippen molar-refractivity contribution in [2.75, 3.05) is 18.5 Å². The monoisotopic (exact) mass is 344 g/mol. The van der Waals surface area contributed by atoms with Gasteiger partial charge in [0.1, 0.15) is 11.8 Å². The number of nitrogens with one attached hydrogen (secondary N) is 2. The van der Waals surface area contributed by atoms with Crippen molar-refractivity contribution < 1.29 is 4.79 Å². The van der Waals surface area contributed by atoms with Gasteiger partial charge in [0.15, 0.2) is 11.5 Å². The zero-order valence-electron chi connectivity index (χ0n) is 13.9. The molecule has 3 heterocycles. The highest BCUT2D eigenvalue weighted by Crippen LogP contribution is 2.18. The van der Waals surface area contributed by atoms with Crippen molar-refractivity contribution in [1.29, 1.82) is 0 Å². The van der Waals surface area contributed by atoms with E-state index in [1.54, 1.807) is 22.6 Å². The first-order valence-electron chi connectivity index (χ1n) is 7.73. The van der Waals surface area contributed by atoms with E-state index < -0.39 is 0 Å². The van der Waals surface area contributed by atoms with Gasteiger partial charge in [-0.15, -0.1) is 11.3 Å². The lowest BCUT2D eigenvalue weighted by molar-refractivity contribution is -0.120. The summed E-state index contributed by atoms with van der Waals surface area (Å²) in [5.74, 6) is 0.624. The molecule has 0 saturated carbocycles. The topological polar surface area (TPSA) is 86.8 Å². The Morgan fingerprint density at radius 3 is 2.96 bits per heavy atom. The summed E-state index contributed by atoms with van der Waals surface area (Å²) < 4.78 is 0.